The van der Waals surface area contributed by atoms with Crippen LogP contribution in [-0.2, 0) is 17.6 Å². The number of carboxylic acids is 1. The van der Waals surface area contributed by atoms with Gasteiger partial charge < -0.3 is 24.4 Å². The molecule has 9 heteroatoms. The van der Waals surface area contributed by atoms with Crippen LogP contribution in [0.3, 0.4) is 0 Å². The van der Waals surface area contributed by atoms with E-state index >= 15 is 0 Å². The van der Waals surface area contributed by atoms with Crippen LogP contribution in [0, 0.1) is 0 Å². The van der Waals surface area contributed by atoms with Gasteiger partial charge in [0.2, 0.25) is 0 Å². The number of aliphatic carboxylic acids is 1. The fraction of sp³-hybridized carbons (Fsp3) is 0.464. The Morgan fingerprint density at radius 3 is 2.22 bits per heavy atom. The Morgan fingerprint density at radius 2 is 1.62 bits per heavy atom. The third-order valence-corrected chi connectivity index (χ3v) is 6.19. The van der Waals surface area contributed by atoms with E-state index in [2.05, 4.69) is 0 Å². The Morgan fingerprint density at radius 1 is 0.973 bits per heavy atom. The number of ether oxygens (including phenoxy) is 3. The average Bonchev–Trinajstić information content (AvgIpc) is 2.84. The number of ketones is 2. The van der Waals surface area contributed by atoms with Crippen molar-refractivity contribution in [3.05, 3.63) is 46.5 Å². The molecule has 0 aliphatic carbocycles. The normalized spacial score (nSPS) is 14.1. The molecule has 1 atom stereocenters. The van der Waals surface area contributed by atoms with Crippen molar-refractivity contribution < 1.29 is 38.8 Å². The first-order chi connectivity index (χ1) is 17.2. The van der Waals surface area contributed by atoms with Crippen molar-refractivity contribution in [1.29, 1.82) is 0 Å². The third-order valence-electron chi connectivity index (χ3n) is 6.19. The Hall–Kier alpha value is -2.55. The molecule has 0 bridgehead atoms. The first-order valence-electron chi connectivity index (χ1n) is 12.4. The Balaban J connectivity index is 0.00000481. The van der Waals surface area contributed by atoms with Crippen molar-refractivity contribution in [2.75, 3.05) is 13.2 Å². The van der Waals surface area contributed by atoms with Gasteiger partial charge in [0.1, 0.15) is 23.0 Å². The number of aryl methyl sites for hydroxylation is 1. The topological polar surface area (TPSA) is 119 Å². The maximum atomic E-state index is 12.1. The van der Waals surface area contributed by atoms with Gasteiger partial charge in [0.25, 0.3) is 0 Å². The van der Waals surface area contributed by atoms with Gasteiger partial charge in [-0.2, -0.15) is 0 Å². The molecule has 8 nitrogen and oxygen atoms in total. The quantitative estimate of drug-likeness (QED) is 0.224. The predicted octanol–water partition coefficient (Wildman–Crippen LogP) is 4.51. The number of rotatable bonds is 13. The summed E-state index contributed by atoms with van der Waals surface area (Å²) < 4.78 is 17.3. The molecule has 1 unspecified atom stereocenters. The van der Waals surface area contributed by atoms with Gasteiger partial charge in [0.05, 0.1) is 24.3 Å². The molecule has 196 valence electrons. The van der Waals surface area contributed by atoms with Crippen molar-refractivity contribution in [2.24, 2.45) is 0 Å². The molecule has 3 rings (SSSR count). The number of hydrogen-bond donors (Lipinski definition) is 2. The number of unbranched alkanes of at least 4 members (excludes halogenated alkanes) is 2. The summed E-state index contributed by atoms with van der Waals surface area (Å²) in [6, 6.07) is 6.69. The molecule has 0 amide bonds. The van der Waals surface area contributed by atoms with Gasteiger partial charge >= 0.3 is 35.5 Å². The van der Waals surface area contributed by atoms with E-state index < -0.39 is 12.1 Å². The van der Waals surface area contributed by atoms with Crippen molar-refractivity contribution in [3.8, 4) is 23.0 Å². The summed E-state index contributed by atoms with van der Waals surface area (Å²) in [5.41, 5.74) is 2.24. The molecule has 2 aromatic carbocycles. The molecule has 1 aliphatic heterocycles. The van der Waals surface area contributed by atoms with Crippen molar-refractivity contribution >= 4 is 47.1 Å². The van der Waals surface area contributed by atoms with E-state index in [1.165, 1.54) is 13.8 Å². The molecule has 0 aromatic heterocycles. The van der Waals surface area contributed by atoms with E-state index in [1.807, 2.05) is 6.92 Å². The van der Waals surface area contributed by atoms with E-state index in [0.29, 0.717) is 66.4 Å². The van der Waals surface area contributed by atoms with Crippen molar-refractivity contribution in [1.82, 2.24) is 0 Å². The monoisotopic (exact) mass is 522 g/mol. The van der Waals surface area contributed by atoms with Crippen LogP contribution in [0.5, 0.6) is 23.0 Å². The molecule has 0 fully saturated rings. The number of carboxylic acid groups (broad SMARTS) is 1. The fourth-order valence-electron chi connectivity index (χ4n) is 4.25. The zero-order valence-electron chi connectivity index (χ0n) is 21.1. The van der Waals surface area contributed by atoms with Crippen LogP contribution >= 0.6 is 0 Å². The van der Waals surface area contributed by atoms with E-state index in [0.717, 1.165) is 31.2 Å². The van der Waals surface area contributed by atoms with Crippen LogP contribution in [0.25, 0.3) is 0 Å². The van der Waals surface area contributed by atoms with Crippen LogP contribution in [0.1, 0.15) is 84.7 Å². The second-order valence-corrected chi connectivity index (χ2v) is 9.00. The number of hydrogen-bond acceptors (Lipinski definition) is 7. The van der Waals surface area contributed by atoms with Gasteiger partial charge in [-0.1, -0.05) is 13.3 Å². The minimum atomic E-state index is -1.01. The zero-order chi connectivity index (χ0) is 26.2. The third kappa shape index (κ3) is 7.97. The van der Waals surface area contributed by atoms with Crippen molar-refractivity contribution in [2.45, 2.75) is 71.8 Å². The summed E-state index contributed by atoms with van der Waals surface area (Å²) >= 11 is 0. The molecule has 0 saturated heterocycles. The van der Waals surface area contributed by atoms with Crippen LogP contribution in [0.2, 0.25) is 0 Å². The van der Waals surface area contributed by atoms with E-state index in [4.69, 9.17) is 14.2 Å². The molecule has 0 spiro atoms. The van der Waals surface area contributed by atoms with Gasteiger partial charge in [0, 0.05) is 11.6 Å². The van der Waals surface area contributed by atoms with Gasteiger partial charge in [-0.15, -0.1) is 0 Å². The number of phenols is 1. The van der Waals surface area contributed by atoms with Crippen LogP contribution in [-0.4, -0.2) is 76.6 Å². The number of carbonyl (C=O) groups is 3. The summed E-state index contributed by atoms with van der Waals surface area (Å²) in [4.78, 5) is 35.1. The summed E-state index contributed by atoms with van der Waals surface area (Å²) in [6.07, 6.45) is 3.74. The molecular formula is C28H35NaO8. The molecule has 1 heterocycles. The number of carbonyl (C=O) groups excluding carboxylic acids is 2. The number of aromatic hydroxyl groups is 1. The first-order valence-corrected chi connectivity index (χ1v) is 12.4. The van der Waals surface area contributed by atoms with Crippen LogP contribution in [0.4, 0.5) is 0 Å². The van der Waals surface area contributed by atoms with Gasteiger partial charge in [-0.25, -0.2) is 4.79 Å². The Bertz CT molecular complexity index is 1130. The standard InChI is InChI=1S/C28H34O8.Na.H/c1-4-8-21-23(12-10-20(17(2)29)27(21)31)34-13-6-5-7-14-35-26-16-25-19(15-22(26)18(3)30)9-11-24(36-25)28(32)33;;/h10,12,15-16,24,31H,4-9,11,13-14H2,1-3H3,(H,32,33);;. The van der Waals surface area contributed by atoms with E-state index in [1.54, 1.807) is 24.3 Å². The molecule has 0 saturated carbocycles. The van der Waals surface area contributed by atoms with E-state index in [-0.39, 0.29) is 46.9 Å². The van der Waals surface area contributed by atoms with E-state index in [9.17, 15) is 24.6 Å². The molecule has 2 aromatic rings. The van der Waals surface area contributed by atoms with Crippen LogP contribution < -0.4 is 14.2 Å². The van der Waals surface area contributed by atoms with Crippen LogP contribution in [0.15, 0.2) is 24.3 Å². The number of Topliss-reactive ketones (excluding diaryl/α,β-unsaturated/α-hetero) is 2. The average molecular weight is 523 g/mol. The summed E-state index contributed by atoms with van der Waals surface area (Å²) in [5, 5.41) is 19.7. The van der Waals surface area contributed by atoms with Gasteiger partial charge in [-0.05, 0) is 76.1 Å². The second kappa shape index (κ2) is 14.4. The Kier molecular flexibility index (Phi) is 11.9. The molecule has 2 N–H and O–H groups in total. The maximum absolute atomic E-state index is 12.1. The number of benzene rings is 2. The fourth-order valence-corrected chi connectivity index (χ4v) is 4.25. The van der Waals surface area contributed by atoms with Crippen molar-refractivity contribution in [3.63, 3.8) is 0 Å². The zero-order valence-corrected chi connectivity index (χ0v) is 21.1. The second-order valence-electron chi connectivity index (χ2n) is 9.00. The molecular weight excluding hydrogens is 487 g/mol. The minimum absolute atomic E-state index is 0. The van der Waals surface area contributed by atoms with Gasteiger partial charge in [-0.3, -0.25) is 9.59 Å². The molecule has 0 radical (unpaired) electrons. The van der Waals surface area contributed by atoms with Gasteiger partial charge in [0.15, 0.2) is 17.7 Å². The predicted molar refractivity (Wildman–Crippen MR) is 141 cm³/mol. The summed E-state index contributed by atoms with van der Waals surface area (Å²) in [5.74, 6) is 0.126. The Labute approximate surface area is 239 Å². The molecule has 37 heavy (non-hydrogen) atoms. The molecule has 1 aliphatic rings. The number of fused-ring (bicyclic) bond motifs is 1. The first kappa shape index (κ1) is 30.7. The summed E-state index contributed by atoms with van der Waals surface area (Å²) in [7, 11) is 0. The SMILES string of the molecule is CCCc1c(OCCCCCOc2cc3c(cc2C(C)=O)CCC(C(=O)O)O3)ccc(C(C)=O)c1O.[NaH]. The number of phenolic OH excluding ortho intramolecular Hbond substituents is 1. The summed E-state index contributed by atoms with van der Waals surface area (Å²) in [6.45, 7) is 5.74.